The van der Waals surface area contributed by atoms with E-state index in [1.54, 1.807) is 12.4 Å². The summed E-state index contributed by atoms with van der Waals surface area (Å²) in [6, 6.07) is 3.97. The standard InChI is InChI=1S/C15H18N4O2/c20-13(17-12-3-1-2-4-12)5-6-14-18-19-15(21-14)11-7-9-16-10-8-11/h7-10,12H,1-6H2,(H,17,20). The van der Waals surface area contributed by atoms with Crippen LogP contribution >= 0.6 is 0 Å². The van der Waals surface area contributed by atoms with Crippen LogP contribution in [0.2, 0.25) is 0 Å². The molecule has 0 unspecified atom stereocenters. The summed E-state index contributed by atoms with van der Waals surface area (Å²) in [6.45, 7) is 0. The zero-order valence-electron chi connectivity index (χ0n) is 11.8. The molecule has 1 fully saturated rings. The van der Waals surface area contributed by atoms with Crippen LogP contribution < -0.4 is 5.32 Å². The fraction of sp³-hybridized carbons (Fsp3) is 0.467. The van der Waals surface area contributed by atoms with Gasteiger partial charge < -0.3 is 9.73 Å². The molecule has 1 saturated carbocycles. The second-order valence-corrected chi connectivity index (χ2v) is 5.29. The number of hydrogen-bond acceptors (Lipinski definition) is 5. The van der Waals surface area contributed by atoms with Crippen LogP contribution in [0.15, 0.2) is 28.9 Å². The Hall–Kier alpha value is -2.24. The third-order valence-corrected chi connectivity index (χ3v) is 3.68. The van der Waals surface area contributed by atoms with E-state index in [9.17, 15) is 4.79 Å². The van der Waals surface area contributed by atoms with Gasteiger partial charge in [-0.05, 0) is 25.0 Å². The lowest BCUT2D eigenvalue weighted by Gasteiger charge is -2.10. The molecule has 1 aliphatic carbocycles. The number of nitrogens with zero attached hydrogens (tertiary/aromatic N) is 3. The average molecular weight is 286 g/mol. The highest BCUT2D eigenvalue weighted by molar-refractivity contribution is 5.76. The van der Waals surface area contributed by atoms with E-state index in [4.69, 9.17) is 4.42 Å². The van der Waals surface area contributed by atoms with Gasteiger partial charge in [0.05, 0.1) is 0 Å². The van der Waals surface area contributed by atoms with Crippen molar-refractivity contribution in [3.8, 4) is 11.5 Å². The lowest BCUT2D eigenvalue weighted by atomic mass is 10.2. The molecular formula is C15H18N4O2. The summed E-state index contributed by atoms with van der Waals surface area (Å²) in [7, 11) is 0. The Morgan fingerprint density at radius 2 is 2.00 bits per heavy atom. The van der Waals surface area contributed by atoms with Crippen LogP contribution in [0.4, 0.5) is 0 Å². The summed E-state index contributed by atoms with van der Waals surface area (Å²) in [6.07, 6.45) is 8.82. The zero-order valence-corrected chi connectivity index (χ0v) is 11.8. The predicted molar refractivity (Wildman–Crippen MR) is 76.2 cm³/mol. The van der Waals surface area contributed by atoms with Crippen LogP contribution in [0.5, 0.6) is 0 Å². The van der Waals surface area contributed by atoms with E-state index in [1.165, 1.54) is 12.8 Å². The molecule has 2 heterocycles. The minimum Gasteiger partial charge on any atom is -0.421 e. The molecule has 1 amide bonds. The number of nitrogens with one attached hydrogen (secondary N) is 1. The van der Waals surface area contributed by atoms with Gasteiger partial charge in [0, 0.05) is 36.8 Å². The number of carbonyl (C=O) groups excluding carboxylic acids is 1. The Bertz CT molecular complexity index is 591. The number of aryl methyl sites for hydroxylation is 1. The number of hydrogen-bond donors (Lipinski definition) is 1. The van der Waals surface area contributed by atoms with E-state index in [0.717, 1.165) is 18.4 Å². The Kier molecular flexibility index (Phi) is 4.23. The number of aromatic nitrogens is 3. The molecule has 110 valence electrons. The van der Waals surface area contributed by atoms with Gasteiger partial charge in [-0.3, -0.25) is 9.78 Å². The minimum atomic E-state index is 0.0607. The van der Waals surface area contributed by atoms with Crippen LogP contribution in [0.3, 0.4) is 0 Å². The van der Waals surface area contributed by atoms with E-state index < -0.39 is 0 Å². The molecule has 1 aliphatic rings. The number of pyridine rings is 1. The van der Waals surface area contributed by atoms with Gasteiger partial charge in [-0.15, -0.1) is 10.2 Å². The zero-order chi connectivity index (χ0) is 14.5. The molecule has 1 N–H and O–H groups in total. The molecule has 6 heteroatoms. The molecule has 0 atom stereocenters. The van der Waals surface area contributed by atoms with Crippen molar-refractivity contribution in [1.29, 1.82) is 0 Å². The number of carbonyl (C=O) groups is 1. The molecule has 3 rings (SSSR count). The smallest absolute Gasteiger partial charge is 0.247 e. The van der Waals surface area contributed by atoms with Crippen molar-refractivity contribution in [3.05, 3.63) is 30.4 Å². The normalized spacial score (nSPS) is 15.2. The van der Waals surface area contributed by atoms with Crippen LogP contribution in [-0.4, -0.2) is 27.1 Å². The lowest BCUT2D eigenvalue weighted by molar-refractivity contribution is -0.121. The van der Waals surface area contributed by atoms with Crippen molar-refractivity contribution in [2.75, 3.05) is 0 Å². The molecule has 21 heavy (non-hydrogen) atoms. The average Bonchev–Trinajstić information content (AvgIpc) is 3.17. The summed E-state index contributed by atoms with van der Waals surface area (Å²) >= 11 is 0. The van der Waals surface area contributed by atoms with E-state index in [2.05, 4.69) is 20.5 Å². The van der Waals surface area contributed by atoms with E-state index in [1.807, 2.05) is 12.1 Å². The second kappa shape index (κ2) is 6.47. The van der Waals surface area contributed by atoms with Crippen molar-refractivity contribution >= 4 is 5.91 Å². The molecule has 0 spiro atoms. The number of amides is 1. The van der Waals surface area contributed by atoms with Crippen LogP contribution in [0, 0.1) is 0 Å². The molecule has 0 radical (unpaired) electrons. The van der Waals surface area contributed by atoms with Crippen LogP contribution in [0.25, 0.3) is 11.5 Å². The van der Waals surface area contributed by atoms with Crippen LogP contribution in [0.1, 0.15) is 38.0 Å². The Morgan fingerprint density at radius 3 is 2.76 bits per heavy atom. The van der Waals surface area contributed by atoms with Crippen molar-refractivity contribution in [2.45, 2.75) is 44.6 Å². The van der Waals surface area contributed by atoms with Gasteiger partial charge in [0.25, 0.3) is 0 Å². The maximum atomic E-state index is 11.8. The fourth-order valence-corrected chi connectivity index (χ4v) is 2.56. The largest absolute Gasteiger partial charge is 0.421 e. The Labute approximate surface area is 123 Å². The fourth-order valence-electron chi connectivity index (χ4n) is 2.56. The minimum absolute atomic E-state index is 0.0607. The lowest BCUT2D eigenvalue weighted by Crippen LogP contribution is -2.32. The molecule has 2 aromatic heterocycles. The highest BCUT2D eigenvalue weighted by Gasteiger charge is 2.17. The SMILES string of the molecule is O=C(CCc1nnc(-c2ccncc2)o1)NC1CCCC1. The van der Waals surface area contributed by atoms with E-state index in [-0.39, 0.29) is 5.91 Å². The summed E-state index contributed by atoms with van der Waals surface area (Å²) < 4.78 is 5.56. The molecule has 2 aromatic rings. The maximum absolute atomic E-state index is 11.8. The molecule has 0 bridgehead atoms. The first kappa shape index (κ1) is 13.7. The summed E-state index contributed by atoms with van der Waals surface area (Å²) in [5, 5.41) is 11.0. The van der Waals surface area contributed by atoms with Gasteiger partial charge in [0.2, 0.25) is 17.7 Å². The van der Waals surface area contributed by atoms with Gasteiger partial charge in [-0.2, -0.15) is 0 Å². The van der Waals surface area contributed by atoms with Gasteiger partial charge in [-0.1, -0.05) is 12.8 Å². The molecule has 0 saturated heterocycles. The monoisotopic (exact) mass is 286 g/mol. The highest BCUT2D eigenvalue weighted by atomic mass is 16.4. The summed E-state index contributed by atoms with van der Waals surface area (Å²) in [5.41, 5.74) is 0.833. The molecule has 6 nitrogen and oxygen atoms in total. The quantitative estimate of drug-likeness (QED) is 0.910. The summed E-state index contributed by atoms with van der Waals surface area (Å²) in [5.74, 6) is 1.01. The van der Waals surface area contributed by atoms with Crippen LogP contribution in [-0.2, 0) is 11.2 Å². The third-order valence-electron chi connectivity index (χ3n) is 3.68. The topological polar surface area (TPSA) is 80.9 Å². The first-order valence-corrected chi connectivity index (χ1v) is 7.33. The molecular weight excluding hydrogens is 268 g/mol. The maximum Gasteiger partial charge on any atom is 0.247 e. The predicted octanol–water partition coefficient (Wildman–Crippen LogP) is 2.12. The second-order valence-electron chi connectivity index (χ2n) is 5.29. The van der Waals surface area contributed by atoms with Gasteiger partial charge in [-0.25, -0.2) is 0 Å². The Morgan fingerprint density at radius 1 is 1.24 bits per heavy atom. The first-order valence-electron chi connectivity index (χ1n) is 7.33. The molecule has 0 aliphatic heterocycles. The third kappa shape index (κ3) is 3.65. The number of rotatable bonds is 5. The first-order chi connectivity index (χ1) is 10.3. The molecule has 0 aromatic carbocycles. The van der Waals surface area contributed by atoms with Crippen molar-refractivity contribution in [1.82, 2.24) is 20.5 Å². The van der Waals surface area contributed by atoms with Gasteiger partial charge >= 0.3 is 0 Å². The van der Waals surface area contributed by atoms with Gasteiger partial charge in [0.15, 0.2) is 0 Å². The van der Waals surface area contributed by atoms with Crippen molar-refractivity contribution in [2.24, 2.45) is 0 Å². The van der Waals surface area contributed by atoms with Crippen molar-refractivity contribution in [3.63, 3.8) is 0 Å². The van der Waals surface area contributed by atoms with Gasteiger partial charge in [0.1, 0.15) is 0 Å². The van der Waals surface area contributed by atoms with E-state index in [0.29, 0.717) is 30.7 Å². The highest BCUT2D eigenvalue weighted by Crippen LogP contribution is 2.18. The Balaban J connectivity index is 1.51. The summed E-state index contributed by atoms with van der Waals surface area (Å²) in [4.78, 5) is 15.8. The van der Waals surface area contributed by atoms with E-state index >= 15 is 0 Å². The van der Waals surface area contributed by atoms with Crippen molar-refractivity contribution < 1.29 is 9.21 Å².